The summed E-state index contributed by atoms with van der Waals surface area (Å²) in [7, 11) is 0. The summed E-state index contributed by atoms with van der Waals surface area (Å²) in [6.07, 6.45) is 1.80. The van der Waals surface area contributed by atoms with Gasteiger partial charge in [0.1, 0.15) is 5.69 Å². The maximum atomic E-state index is 12.4. The van der Waals surface area contributed by atoms with E-state index in [1.165, 1.54) is 6.07 Å². The molecule has 1 heterocycles. The van der Waals surface area contributed by atoms with Crippen LogP contribution in [0.5, 0.6) is 0 Å². The molecule has 0 fully saturated rings. The molecule has 5 heteroatoms. The molecule has 0 amide bonds. The minimum atomic E-state index is -0.287. The first kappa shape index (κ1) is 18.3. The minimum absolute atomic E-state index is 0.172. The Bertz CT molecular complexity index is 1020. The third-order valence-electron chi connectivity index (χ3n) is 4.04. The maximum Gasteiger partial charge on any atom is 0.310 e. The summed E-state index contributed by atoms with van der Waals surface area (Å²) >= 11 is 0. The number of esters is 1. The molecule has 0 aliphatic heterocycles. The summed E-state index contributed by atoms with van der Waals surface area (Å²) in [6, 6.07) is 18.4. The van der Waals surface area contributed by atoms with Crippen molar-refractivity contribution in [2.75, 3.05) is 6.61 Å². The first-order valence-corrected chi connectivity index (χ1v) is 8.68. The van der Waals surface area contributed by atoms with Gasteiger partial charge in [-0.25, -0.2) is 4.68 Å². The Kier molecular flexibility index (Phi) is 5.61. The third kappa shape index (κ3) is 4.39. The van der Waals surface area contributed by atoms with Crippen molar-refractivity contribution >= 4 is 11.5 Å². The van der Waals surface area contributed by atoms with Crippen molar-refractivity contribution in [3.8, 4) is 5.69 Å². The number of para-hydroxylation sites is 1. The smallest absolute Gasteiger partial charge is 0.310 e. The molecule has 0 radical (unpaired) electrons. The number of hydrogen-bond acceptors (Lipinski definition) is 4. The number of aromatic nitrogens is 2. The van der Waals surface area contributed by atoms with Gasteiger partial charge in [-0.3, -0.25) is 9.59 Å². The molecule has 0 N–H and O–H groups in total. The Balaban J connectivity index is 1.92. The van der Waals surface area contributed by atoms with Crippen LogP contribution < -0.4 is 5.43 Å². The third-order valence-corrected chi connectivity index (χ3v) is 4.04. The molecule has 2 aromatic carbocycles. The molecule has 1 aromatic heterocycles. The van der Waals surface area contributed by atoms with Crippen molar-refractivity contribution in [1.29, 1.82) is 0 Å². The van der Waals surface area contributed by atoms with Gasteiger partial charge in [-0.2, -0.15) is 5.10 Å². The molecular formula is C22H20N2O3. The van der Waals surface area contributed by atoms with Gasteiger partial charge in [0, 0.05) is 17.8 Å². The van der Waals surface area contributed by atoms with Crippen molar-refractivity contribution in [2.45, 2.75) is 13.3 Å². The van der Waals surface area contributed by atoms with E-state index in [1.807, 2.05) is 54.6 Å². The van der Waals surface area contributed by atoms with Crippen molar-refractivity contribution < 1.29 is 9.53 Å². The number of ether oxygens (including phenoxy) is 1. The molecular weight excluding hydrogens is 340 g/mol. The van der Waals surface area contributed by atoms with E-state index in [1.54, 1.807) is 17.8 Å². The van der Waals surface area contributed by atoms with Crippen LogP contribution in [-0.2, 0) is 16.0 Å². The van der Waals surface area contributed by atoms with Crippen LogP contribution in [-0.4, -0.2) is 22.4 Å². The second-order valence-corrected chi connectivity index (χ2v) is 5.97. The largest absolute Gasteiger partial charge is 0.466 e. The molecule has 0 spiro atoms. The van der Waals surface area contributed by atoms with Gasteiger partial charge in [-0.1, -0.05) is 49.0 Å². The highest BCUT2D eigenvalue weighted by atomic mass is 16.5. The van der Waals surface area contributed by atoms with Gasteiger partial charge in [0.25, 0.3) is 0 Å². The van der Waals surface area contributed by atoms with Crippen LogP contribution in [0.4, 0.5) is 0 Å². The summed E-state index contributed by atoms with van der Waals surface area (Å²) in [4.78, 5) is 24.1. The Labute approximate surface area is 157 Å². The number of nitrogens with zero attached hydrogens (tertiary/aromatic N) is 2. The van der Waals surface area contributed by atoms with Crippen molar-refractivity contribution in [1.82, 2.24) is 9.78 Å². The summed E-state index contributed by atoms with van der Waals surface area (Å²) in [5.41, 5.74) is 2.97. The van der Waals surface area contributed by atoms with E-state index in [0.29, 0.717) is 12.2 Å². The predicted octanol–water partition coefficient (Wildman–Crippen LogP) is 3.40. The van der Waals surface area contributed by atoms with E-state index in [4.69, 9.17) is 4.74 Å². The molecule has 136 valence electrons. The Morgan fingerprint density at radius 3 is 2.63 bits per heavy atom. The van der Waals surface area contributed by atoms with Gasteiger partial charge in [-0.15, -0.1) is 0 Å². The zero-order valence-electron chi connectivity index (χ0n) is 15.1. The van der Waals surface area contributed by atoms with Crippen molar-refractivity contribution in [3.63, 3.8) is 0 Å². The average molecular weight is 360 g/mol. The van der Waals surface area contributed by atoms with E-state index in [2.05, 4.69) is 11.7 Å². The predicted molar refractivity (Wildman–Crippen MR) is 105 cm³/mol. The molecule has 0 bridgehead atoms. The number of carbonyl (C=O) groups is 1. The number of benzene rings is 2. The fourth-order valence-corrected chi connectivity index (χ4v) is 2.73. The molecule has 27 heavy (non-hydrogen) atoms. The van der Waals surface area contributed by atoms with Crippen LogP contribution >= 0.6 is 0 Å². The van der Waals surface area contributed by atoms with Gasteiger partial charge in [0.15, 0.2) is 0 Å². The van der Waals surface area contributed by atoms with Crippen molar-refractivity contribution in [3.05, 3.63) is 100 Å². The second kappa shape index (κ2) is 8.27. The number of rotatable bonds is 6. The zero-order valence-corrected chi connectivity index (χ0v) is 15.1. The molecule has 3 rings (SSSR count). The number of carbonyl (C=O) groups excluding carboxylic acids is 1. The van der Waals surface area contributed by atoms with Gasteiger partial charge in [0.2, 0.25) is 5.43 Å². The minimum Gasteiger partial charge on any atom is -0.466 e. The van der Waals surface area contributed by atoms with Crippen LogP contribution in [0.1, 0.15) is 23.7 Å². The van der Waals surface area contributed by atoms with E-state index in [9.17, 15) is 9.59 Å². The molecule has 0 saturated heterocycles. The summed E-state index contributed by atoms with van der Waals surface area (Å²) in [5.74, 6) is -0.287. The van der Waals surface area contributed by atoms with E-state index < -0.39 is 0 Å². The van der Waals surface area contributed by atoms with Gasteiger partial charge < -0.3 is 4.74 Å². The average Bonchev–Trinajstić information content (AvgIpc) is 2.69. The standard InChI is InChI=1S/C22H20N2O3/c1-3-27-21(26)15-17-8-7-9-18(14-17)16(2)22-20(25)12-13-24(23-22)19-10-5-4-6-11-19/h4-14H,2-3,15H2,1H3. The lowest BCUT2D eigenvalue weighted by molar-refractivity contribution is -0.142. The van der Waals surface area contributed by atoms with Crippen molar-refractivity contribution in [2.24, 2.45) is 0 Å². The number of hydrogen-bond donors (Lipinski definition) is 0. The molecule has 0 aliphatic carbocycles. The fourth-order valence-electron chi connectivity index (χ4n) is 2.73. The monoisotopic (exact) mass is 360 g/mol. The Hall–Kier alpha value is -3.47. The fraction of sp³-hybridized carbons (Fsp3) is 0.136. The van der Waals surface area contributed by atoms with Crippen LogP contribution in [0, 0.1) is 0 Å². The normalized spacial score (nSPS) is 10.4. The Morgan fingerprint density at radius 2 is 1.89 bits per heavy atom. The topological polar surface area (TPSA) is 61.2 Å². The summed E-state index contributed by atoms with van der Waals surface area (Å²) < 4.78 is 6.63. The van der Waals surface area contributed by atoms with Crippen LogP contribution in [0.15, 0.2) is 78.2 Å². The molecule has 0 aliphatic rings. The van der Waals surface area contributed by atoms with Gasteiger partial charge in [0.05, 0.1) is 18.7 Å². The summed E-state index contributed by atoms with van der Waals surface area (Å²) in [5, 5.41) is 4.45. The van der Waals surface area contributed by atoms with Gasteiger partial charge >= 0.3 is 5.97 Å². The lowest BCUT2D eigenvalue weighted by Gasteiger charge is -2.10. The molecule has 0 atom stereocenters. The highest BCUT2D eigenvalue weighted by Gasteiger charge is 2.12. The molecule has 0 saturated carbocycles. The highest BCUT2D eigenvalue weighted by molar-refractivity contribution is 5.77. The highest BCUT2D eigenvalue weighted by Crippen LogP contribution is 2.19. The van der Waals surface area contributed by atoms with Crippen LogP contribution in [0.25, 0.3) is 11.3 Å². The zero-order chi connectivity index (χ0) is 19.2. The van der Waals surface area contributed by atoms with E-state index >= 15 is 0 Å². The lowest BCUT2D eigenvalue weighted by atomic mass is 10.0. The lowest BCUT2D eigenvalue weighted by Crippen LogP contribution is -2.15. The first-order chi connectivity index (χ1) is 13.1. The Morgan fingerprint density at radius 1 is 1.11 bits per heavy atom. The van der Waals surface area contributed by atoms with E-state index in [0.717, 1.165) is 16.8 Å². The van der Waals surface area contributed by atoms with Gasteiger partial charge in [-0.05, 0) is 30.2 Å². The molecule has 3 aromatic rings. The summed E-state index contributed by atoms with van der Waals surface area (Å²) in [6.45, 7) is 6.17. The molecule has 0 unspecified atom stereocenters. The van der Waals surface area contributed by atoms with Crippen LogP contribution in [0.3, 0.4) is 0 Å². The molecule has 5 nitrogen and oxygen atoms in total. The quantitative estimate of drug-likeness (QED) is 0.632. The maximum absolute atomic E-state index is 12.4. The second-order valence-electron chi connectivity index (χ2n) is 5.97. The SMILES string of the molecule is C=C(c1cccc(CC(=O)OCC)c1)c1nn(-c2ccccc2)ccc1=O. The van der Waals surface area contributed by atoms with Crippen LogP contribution in [0.2, 0.25) is 0 Å². The van der Waals surface area contributed by atoms with E-state index in [-0.39, 0.29) is 23.5 Å². The first-order valence-electron chi connectivity index (χ1n) is 8.68.